The maximum atomic E-state index is 10.2. The summed E-state index contributed by atoms with van der Waals surface area (Å²) >= 11 is 0. The minimum atomic E-state index is -0.652. The standard InChI is InChI=1S/C21H27NO3/c1-24-21-13-16(14-22-18-9-5-6-10-18)11-12-20(21)25-15-19(23)17-7-3-2-4-8-17/h2-4,7-8,11-13,18-19,22-23H,5-6,9-10,14-15H2,1H3/p+1/t19-/m0/s1. The second-order valence-electron chi connectivity index (χ2n) is 6.71. The van der Waals surface area contributed by atoms with E-state index in [-0.39, 0.29) is 6.61 Å². The van der Waals surface area contributed by atoms with E-state index in [0.29, 0.717) is 5.75 Å². The molecule has 134 valence electrons. The average molecular weight is 342 g/mol. The quantitative estimate of drug-likeness (QED) is 0.776. The summed E-state index contributed by atoms with van der Waals surface area (Å²) in [5.41, 5.74) is 2.09. The number of nitrogens with two attached hydrogens (primary N) is 1. The van der Waals surface area contributed by atoms with Gasteiger partial charge in [0.15, 0.2) is 11.5 Å². The molecule has 2 aromatic rings. The molecule has 1 saturated carbocycles. The van der Waals surface area contributed by atoms with Crippen LogP contribution >= 0.6 is 0 Å². The van der Waals surface area contributed by atoms with Crippen LogP contribution in [0, 0.1) is 0 Å². The van der Waals surface area contributed by atoms with Crippen molar-refractivity contribution < 1.29 is 19.9 Å². The van der Waals surface area contributed by atoms with Gasteiger partial charge in [0, 0.05) is 5.56 Å². The fourth-order valence-corrected chi connectivity index (χ4v) is 3.39. The molecule has 0 radical (unpaired) electrons. The van der Waals surface area contributed by atoms with Crippen molar-refractivity contribution in [2.75, 3.05) is 13.7 Å². The maximum absolute atomic E-state index is 10.2. The third kappa shape index (κ3) is 4.97. The summed E-state index contributed by atoms with van der Waals surface area (Å²) in [5.74, 6) is 1.39. The normalized spacial score (nSPS) is 15.9. The fraction of sp³-hybridized carbons (Fsp3) is 0.429. The van der Waals surface area contributed by atoms with Crippen LogP contribution in [-0.2, 0) is 6.54 Å². The molecule has 0 bridgehead atoms. The summed E-state index contributed by atoms with van der Waals surface area (Å²) in [6.07, 6.45) is 4.73. The van der Waals surface area contributed by atoms with Gasteiger partial charge in [0.25, 0.3) is 0 Å². The monoisotopic (exact) mass is 342 g/mol. The van der Waals surface area contributed by atoms with E-state index in [1.54, 1.807) is 7.11 Å². The average Bonchev–Trinajstić information content (AvgIpc) is 3.19. The molecule has 3 rings (SSSR count). The number of hydrogen-bond acceptors (Lipinski definition) is 3. The zero-order valence-corrected chi connectivity index (χ0v) is 14.9. The fourth-order valence-electron chi connectivity index (χ4n) is 3.39. The molecule has 1 aliphatic rings. The van der Waals surface area contributed by atoms with E-state index >= 15 is 0 Å². The zero-order chi connectivity index (χ0) is 17.5. The van der Waals surface area contributed by atoms with Gasteiger partial charge >= 0.3 is 0 Å². The lowest BCUT2D eigenvalue weighted by atomic mass is 10.1. The Morgan fingerprint density at radius 2 is 1.84 bits per heavy atom. The third-order valence-corrected chi connectivity index (χ3v) is 4.90. The Balaban J connectivity index is 1.57. The molecular formula is C21H28NO3+. The Hall–Kier alpha value is -2.04. The second-order valence-corrected chi connectivity index (χ2v) is 6.71. The molecule has 0 aromatic heterocycles. The van der Waals surface area contributed by atoms with Crippen molar-refractivity contribution in [1.29, 1.82) is 0 Å². The first-order valence-corrected chi connectivity index (χ1v) is 9.12. The Morgan fingerprint density at radius 3 is 2.56 bits per heavy atom. The molecule has 0 unspecified atom stereocenters. The number of benzene rings is 2. The van der Waals surface area contributed by atoms with Gasteiger partial charge in [-0.25, -0.2) is 0 Å². The lowest BCUT2D eigenvalue weighted by Crippen LogP contribution is -2.87. The molecular weight excluding hydrogens is 314 g/mol. The Morgan fingerprint density at radius 1 is 1.08 bits per heavy atom. The molecule has 0 spiro atoms. The number of methoxy groups -OCH3 is 1. The van der Waals surface area contributed by atoms with Crippen molar-refractivity contribution in [1.82, 2.24) is 0 Å². The van der Waals surface area contributed by atoms with E-state index in [1.807, 2.05) is 42.5 Å². The highest BCUT2D eigenvalue weighted by Gasteiger charge is 2.18. The summed E-state index contributed by atoms with van der Waals surface area (Å²) < 4.78 is 11.3. The van der Waals surface area contributed by atoms with Crippen molar-refractivity contribution in [3.63, 3.8) is 0 Å². The van der Waals surface area contributed by atoms with E-state index in [1.165, 1.54) is 31.2 Å². The summed E-state index contributed by atoms with van der Waals surface area (Å²) in [6, 6.07) is 16.4. The first-order chi connectivity index (χ1) is 12.3. The van der Waals surface area contributed by atoms with Crippen LogP contribution in [0.2, 0.25) is 0 Å². The number of quaternary nitrogens is 1. The van der Waals surface area contributed by atoms with Crippen LogP contribution in [0.4, 0.5) is 0 Å². The summed E-state index contributed by atoms with van der Waals surface area (Å²) in [6.45, 7) is 1.17. The van der Waals surface area contributed by atoms with Gasteiger partial charge in [-0.2, -0.15) is 0 Å². The molecule has 0 amide bonds. The van der Waals surface area contributed by atoms with Crippen molar-refractivity contribution in [2.45, 2.75) is 44.4 Å². The lowest BCUT2D eigenvalue weighted by Gasteiger charge is -2.16. The summed E-state index contributed by atoms with van der Waals surface area (Å²) in [7, 11) is 1.65. The van der Waals surface area contributed by atoms with Crippen LogP contribution in [0.25, 0.3) is 0 Å². The number of ether oxygens (including phenoxy) is 2. The van der Waals surface area contributed by atoms with Crippen LogP contribution in [0.15, 0.2) is 48.5 Å². The lowest BCUT2D eigenvalue weighted by molar-refractivity contribution is -0.703. The third-order valence-electron chi connectivity index (χ3n) is 4.90. The molecule has 4 heteroatoms. The van der Waals surface area contributed by atoms with Crippen LogP contribution in [0.5, 0.6) is 11.5 Å². The second kappa shape index (κ2) is 8.88. The topological polar surface area (TPSA) is 55.3 Å². The molecule has 3 N–H and O–H groups in total. The largest absolute Gasteiger partial charge is 0.493 e. The molecule has 1 atom stereocenters. The summed E-state index contributed by atoms with van der Waals surface area (Å²) in [5, 5.41) is 12.7. The van der Waals surface area contributed by atoms with E-state index < -0.39 is 6.10 Å². The molecule has 1 fully saturated rings. The molecule has 0 heterocycles. The van der Waals surface area contributed by atoms with Crippen LogP contribution in [0.3, 0.4) is 0 Å². The predicted molar refractivity (Wildman–Crippen MR) is 97.8 cm³/mol. The van der Waals surface area contributed by atoms with E-state index in [9.17, 15) is 5.11 Å². The number of aliphatic hydroxyl groups is 1. The van der Waals surface area contributed by atoms with Gasteiger partial charge in [-0.05, 0) is 49.4 Å². The highest BCUT2D eigenvalue weighted by atomic mass is 16.5. The Bertz CT molecular complexity index is 653. The minimum absolute atomic E-state index is 0.202. The van der Waals surface area contributed by atoms with Gasteiger partial charge in [-0.1, -0.05) is 30.3 Å². The number of hydrogen-bond donors (Lipinski definition) is 2. The van der Waals surface area contributed by atoms with E-state index in [4.69, 9.17) is 9.47 Å². The first-order valence-electron chi connectivity index (χ1n) is 9.12. The molecule has 25 heavy (non-hydrogen) atoms. The highest BCUT2D eigenvalue weighted by molar-refractivity contribution is 5.42. The predicted octanol–water partition coefficient (Wildman–Crippen LogP) is 2.81. The van der Waals surface area contributed by atoms with Gasteiger partial charge in [0.2, 0.25) is 0 Å². The molecule has 1 aliphatic carbocycles. The van der Waals surface area contributed by atoms with Gasteiger partial charge in [-0.15, -0.1) is 0 Å². The van der Waals surface area contributed by atoms with Crippen molar-refractivity contribution in [3.8, 4) is 11.5 Å². The number of aliphatic hydroxyl groups excluding tert-OH is 1. The van der Waals surface area contributed by atoms with Crippen LogP contribution in [0.1, 0.15) is 42.9 Å². The SMILES string of the molecule is COc1cc(C[NH2+]C2CCCC2)ccc1OC[C@H](O)c1ccccc1. The van der Waals surface area contributed by atoms with Crippen molar-refractivity contribution >= 4 is 0 Å². The zero-order valence-electron chi connectivity index (χ0n) is 14.9. The Labute approximate surface area is 149 Å². The molecule has 0 saturated heterocycles. The smallest absolute Gasteiger partial charge is 0.161 e. The maximum Gasteiger partial charge on any atom is 0.161 e. The van der Waals surface area contributed by atoms with Gasteiger partial charge < -0.3 is 19.9 Å². The first kappa shape index (κ1) is 17.8. The van der Waals surface area contributed by atoms with Gasteiger partial charge in [0.1, 0.15) is 19.3 Å². The highest BCUT2D eigenvalue weighted by Crippen LogP contribution is 2.29. The van der Waals surface area contributed by atoms with Gasteiger partial charge in [-0.3, -0.25) is 0 Å². The minimum Gasteiger partial charge on any atom is -0.493 e. The number of rotatable bonds is 8. The van der Waals surface area contributed by atoms with Crippen LogP contribution in [-0.4, -0.2) is 24.9 Å². The molecule has 0 aliphatic heterocycles. The molecule has 4 nitrogen and oxygen atoms in total. The van der Waals surface area contributed by atoms with Gasteiger partial charge in [0.05, 0.1) is 13.2 Å². The molecule has 2 aromatic carbocycles. The summed E-state index contributed by atoms with van der Waals surface area (Å²) in [4.78, 5) is 0. The van der Waals surface area contributed by atoms with Crippen molar-refractivity contribution in [2.24, 2.45) is 0 Å². The van der Waals surface area contributed by atoms with Crippen LogP contribution < -0.4 is 14.8 Å². The van der Waals surface area contributed by atoms with E-state index in [2.05, 4.69) is 11.4 Å². The van der Waals surface area contributed by atoms with Crippen molar-refractivity contribution in [3.05, 3.63) is 59.7 Å². The van der Waals surface area contributed by atoms with E-state index in [0.717, 1.165) is 23.9 Å². The Kier molecular flexibility index (Phi) is 6.31.